The lowest BCUT2D eigenvalue weighted by molar-refractivity contribution is -0.121. The third-order valence-corrected chi connectivity index (χ3v) is 6.17. The van der Waals surface area contributed by atoms with Crippen LogP contribution in [0.15, 0.2) is 82.5 Å². The second-order valence-electron chi connectivity index (χ2n) is 6.45. The second-order valence-corrected chi connectivity index (χ2v) is 8.29. The number of aromatic nitrogens is 1. The van der Waals surface area contributed by atoms with Crippen LogP contribution in [0.4, 0.5) is 5.13 Å². The molecule has 0 saturated carbocycles. The highest BCUT2D eigenvalue weighted by Gasteiger charge is 2.33. The Morgan fingerprint density at radius 1 is 1.14 bits per heavy atom. The normalized spacial score (nSPS) is 16.7. The Bertz CT molecular complexity index is 1120. The van der Waals surface area contributed by atoms with Crippen LogP contribution >= 0.6 is 23.1 Å². The molecule has 1 aliphatic heterocycles. The van der Waals surface area contributed by atoms with Crippen molar-refractivity contribution in [1.29, 1.82) is 0 Å². The maximum absolute atomic E-state index is 12.9. The topological polar surface area (TPSA) is 45.6 Å². The van der Waals surface area contributed by atoms with Crippen molar-refractivity contribution in [3.63, 3.8) is 0 Å². The fourth-order valence-corrected chi connectivity index (χ4v) is 4.64. The van der Waals surface area contributed by atoms with Crippen LogP contribution in [-0.2, 0) is 4.79 Å². The van der Waals surface area contributed by atoms with Gasteiger partial charge in [0, 0.05) is 17.5 Å². The predicted molar refractivity (Wildman–Crippen MR) is 123 cm³/mol. The first-order valence-corrected chi connectivity index (χ1v) is 10.8. The number of hydrogen-bond acceptors (Lipinski definition) is 5. The highest BCUT2D eigenvalue weighted by molar-refractivity contribution is 8.18. The molecule has 0 atom stereocenters. The summed E-state index contributed by atoms with van der Waals surface area (Å²) >= 11 is 2.84. The van der Waals surface area contributed by atoms with Crippen LogP contribution in [0.5, 0.6) is 0 Å². The Balaban J connectivity index is 1.65. The molecule has 0 unspecified atom stereocenters. The van der Waals surface area contributed by atoms with E-state index in [4.69, 9.17) is 0 Å². The third-order valence-electron chi connectivity index (χ3n) is 4.43. The minimum atomic E-state index is -0.0586. The Morgan fingerprint density at radius 3 is 2.66 bits per heavy atom. The molecule has 0 aliphatic carbocycles. The van der Waals surface area contributed by atoms with Crippen molar-refractivity contribution >= 4 is 45.4 Å². The van der Waals surface area contributed by atoms with E-state index in [9.17, 15) is 4.79 Å². The lowest BCUT2D eigenvalue weighted by atomic mass is 10.1. The molecule has 1 amide bonds. The number of aryl methyl sites for hydroxylation is 1. The van der Waals surface area contributed by atoms with Crippen molar-refractivity contribution < 1.29 is 4.79 Å². The second kappa shape index (κ2) is 8.59. The van der Waals surface area contributed by atoms with Gasteiger partial charge in [-0.1, -0.05) is 60.7 Å². The number of carbonyl (C=O) groups excluding carboxylic acids is 1. The zero-order valence-electron chi connectivity index (χ0n) is 15.9. The number of amides is 1. The standard InChI is InChI=1S/C23H19N3OS2/c1-3-13-26-21(27)20(14-18-12-8-7-9-16(18)2)29-23(26)25-22-24-19(15-28-22)17-10-5-4-6-11-17/h3-12,14-15H,1,13H2,2H3/b20-14-,25-23+. The number of aliphatic imine (C=N–C) groups is 1. The molecule has 4 rings (SSSR count). The number of rotatable bonds is 5. The molecule has 144 valence electrons. The molecular weight excluding hydrogens is 398 g/mol. The molecule has 1 aliphatic rings. The van der Waals surface area contributed by atoms with Crippen LogP contribution in [0.1, 0.15) is 11.1 Å². The Labute approximate surface area is 178 Å². The molecule has 3 aromatic rings. The SMILES string of the molecule is C=CCN1C(=O)/C(=C/c2ccccc2C)S/C1=N/c1nc(-c2ccccc2)cs1. The van der Waals surface area contributed by atoms with E-state index in [0.29, 0.717) is 21.7 Å². The van der Waals surface area contributed by atoms with E-state index in [2.05, 4.69) is 16.6 Å². The van der Waals surface area contributed by atoms with Crippen molar-refractivity contribution in [2.45, 2.75) is 6.92 Å². The van der Waals surface area contributed by atoms with Crippen molar-refractivity contribution in [2.24, 2.45) is 4.99 Å². The fourth-order valence-electron chi connectivity index (χ4n) is 2.91. The lowest BCUT2D eigenvalue weighted by Gasteiger charge is -2.11. The van der Waals surface area contributed by atoms with Gasteiger partial charge in [0.2, 0.25) is 5.13 Å². The summed E-state index contributed by atoms with van der Waals surface area (Å²) in [6.45, 7) is 6.22. The van der Waals surface area contributed by atoms with E-state index in [1.807, 2.05) is 73.0 Å². The lowest BCUT2D eigenvalue weighted by Crippen LogP contribution is -2.29. The Hall–Kier alpha value is -2.96. The first-order valence-electron chi connectivity index (χ1n) is 9.13. The van der Waals surface area contributed by atoms with Gasteiger partial charge in [-0.3, -0.25) is 9.69 Å². The van der Waals surface area contributed by atoms with Gasteiger partial charge in [0.1, 0.15) is 0 Å². The summed E-state index contributed by atoms with van der Waals surface area (Å²) in [7, 11) is 0. The van der Waals surface area contributed by atoms with Crippen LogP contribution in [0, 0.1) is 6.92 Å². The van der Waals surface area contributed by atoms with Crippen LogP contribution in [0.25, 0.3) is 17.3 Å². The summed E-state index contributed by atoms with van der Waals surface area (Å²) in [5.41, 5.74) is 4.09. The number of amidine groups is 1. The summed E-state index contributed by atoms with van der Waals surface area (Å²) in [6.07, 6.45) is 3.64. The van der Waals surface area contributed by atoms with Crippen molar-refractivity contribution in [2.75, 3.05) is 6.54 Å². The van der Waals surface area contributed by atoms with Crippen molar-refractivity contribution in [1.82, 2.24) is 9.88 Å². The van der Waals surface area contributed by atoms with Gasteiger partial charge in [-0.15, -0.1) is 17.9 Å². The molecule has 1 saturated heterocycles. The Morgan fingerprint density at radius 2 is 1.90 bits per heavy atom. The molecule has 6 heteroatoms. The maximum atomic E-state index is 12.9. The monoisotopic (exact) mass is 417 g/mol. The molecule has 4 nitrogen and oxygen atoms in total. The first kappa shape index (κ1) is 19.4. The molecule has 0 N–H and O–H groups in total. The molecule has 2 aromatic carbocycles. The molecule has 2 heterocycles. The quantitative estimate of drug-likeness (QED) is 0.383. The van der Waals surface area contributed by atoms with Gasteiger partial charge in [0.15, 0.2) is 5.17 Å². The van der Waals surface area contributed by atoms with E-state index in [1.54, 1.807) is 11.0 Å². The summed E-state index contributed by atoms with van der Waals surface area (Å²) in [5.74, 6) is -0.0586. The smallest absolute Gasteiger partial charge is 0.267 e. The van der Waals surface area contributed by atoms with Gasteiger partial charge in [-0.25, -0.2) is 4.98 Å². The molecular formula is C23H19N3OS2. The molecule has 0 radical (unpaired) electrons. The molecule has 1 fully saturated rings. The highest BCUT2D eigenvalue weighted by Crippen LogP contribution is 2.35. The van der Waals surface area contributed by atoms with Crippen LogP contribution in [0.3, 0.4) is 0 Å². The molecule has 0 bridgehead atoms. The van der Waals surface area contributed by atoms with E-state index < -0.39 is 0 Å². The largest absolute Gasteiger partial charge is 0.282 e. The zero-order valence-corrected chi connectivity index (χ0v) is 17.5. The van der Waals surface area contributed by atoms with Gasteiger partial charge in [0.05, 0.1) is 10.6 Å². The number of benzene rings is 2. The highest BCUT2D eigenvalue weighted by atomic mass is 32.2. The van der Waals surface area contributed by atoms with E-state index in [0.717, 1.165) is 22.4 Å². The molecule has 29 heavy (non-hydrogen) atoms. The van der Waals surface area contributed by atoms with Gasteiger partial charge >= 0.3 is 0 Å². The fraction of sp³-hybridized carbons (Fsp3) is 0.0870. The minimum absolute atomic E-state index is 0.0586. The van der Waals surface area contributed by atoms with E-state index in [-0.39, 0.29) is 5.91 Å². The summed E-state index contributed by atoms with van der Waals surface area (Å²) in [5, 5.41) is 3.24. The number of nitrogens with zero attached hydrogens (tertiary/aromatic N) is 3. The minimum Gasteiger partial charge on any atom is -0.282 e. The van der Waals surface area contributed by atoms with Crippen LogP contribution in [-0.4, -0.2) is 27.5 Å². The van der Waals surface area contributed by atoms with Crippen molar-refractivity contribution in [3.05, 3.63) is 88.7 Å². The average molecular weight is 418 g/mol. The number of hydrogen-bond donors (Lipinski definition) is 0. The zero-order chi connectivity index (χ0) is 20.2. The van der Waals surface area contributed by atoms with Crippen LogP contribution in [0.2, 0.25) is 0 Å². The predicted octanol–water partition coefficient (Wildman–Crippen LogP) is 5.91. The summed E-state index contributed by atoms with van der Waals surface area (Å²) in [4.78, 5) is 24.5. The van der Waals surface area contributed by atoms with Crippen LogP contribution < -0.4 is 0 Å². The van der Waals surface area contributed by atoms with Gasteiger partial charge in [-0.05, 0) is 35.9 Å². The van der Waals surface area contributed by atoms with Gasteiger partial charge in [0.25, 0.3) is 5.91 Å². The first-order chi connectivity index (χ1) is 14.2. The molecule has 1 aromatic heterocycles. The van der Waals surface area contributed by atoms with E-state index in [1.165, 1.54) is 23.1 Å². The van der Waals surface area contributed by atoms with E-state index >= 15 is 0 Å². The summed E-state index contributed by atoms with van der Waals surface area (Å²) in [6, 6.07) is 18.0. The average Bonchev–Trinajstić information content (AvgIpc) is 3.31. The molecule has 0 spiro atoms. The summed E-state index contributed by atoms with van der Waals surface area (Å²) < 4.78 is 0. The van der Waals surface area contributed by atoms with Gasteiger partial charge < -0.3 is 0 Å². The maximum Gasteiger partial charge on any atom is 0.267 e. The number of carbonyl (C=O) groups is 1. The number of thiazole rings is 1. The van der Waals surface area contributed by atoms with Crippen molar-refractivity contribution in [3.8, 4) is 11.3 Å². The number of thioether (sulfide) groups is 1. The third kappa shape index (κ3) is 4.23. The van der Waals surface area contributed by atoms with Gasteiger partial charge in [-0.2, -0.15) is 4.99 Å². The Kier molecular flexibility index (Phi) is 5.74.